The molecule has 0 aromatic rings. The van der Waals surface area contributed by atoms with Crippen LogP contribution in [0.4, 0.5) is 39.5 Å². The second-order valence-electron chi connectivity index (χ2n) is 9.84. The topological polar surface area (TPSA) is 46.5 Å². The van der Waals surface area contributed by atoms with Gasteiger partial charge in [0.15, 0.2) is 5.41 Å². The van der Waals surface area contributed by atoms with Crippen molar-refractivity contribution in [3.8, 4) is 0 Å². The van der Waals surface area contributed by atoms with E-state index < -0.39 is 71.7 Å². The van der Waals surface area contributed by atoms with Gasteiger partial charge in [0.05, 0.1) is 0 Å². The lowest BCUT2D eigenvalue weighted by Gasteiger charge is -2.43. The number of fused-ring (bicyclic) bond motifs is 2. The van der Waals surface area contributed by atoms with E-state index in [1.54, 1.807) is 0 Å². The summed E-state index contributed by atoms with van der Waals surface area (Å²) in [4.78, 5) is 12.4. The fourth-order valence-corrected chi connectivity index (χ4v) is 5.19. The number of ether oxygens (including phenoxy) is 1. The van der Waals surface area contributed by atoms with E-state index in [9.17, 15) is 49.4 Å². The third-order valence-electron chi connectivity index (χ3n) is 7.48. The average Bonchev–Trinajstić information content (AvgIpc) is 3.18. The van der Waals surface area contributed by atoms with Crippen LogP contribution in [0.5, 0.6) is 0 Å². The Hall–Kier alpha value is -1.20. The zero-order valence-electron chi connectivity index (χ0n) is 18.0. The number of esters is 1. The van der Waals surface area contributed by atoms with Gasteiger partial charge < -0.3 is 9.84 Å². The summed E-state index contributed by atoms with van der Waals surface area (Å²) in [5.74, 6) is -4.49. The van der Waals surface area contributed by atoms with Gasteiger partial charge in [0.1, 0.15) is 5.60 Å². The smallest absolute Gasteiger partial charge is 0.426 e. The minimum absolute atomic E-state index is 0.0227. The molecule has 188 valence electrons. The first kappa shape index (κ1) is 27.0. The molecular weight excluding hydrogens is 459 g/mol. The van der Waals surface area contributed by atoms with Crippen molar-refractivity contribution in [3.63, 3.8) is 0 Å². The highest BCUT2D eigenvalue weighted by atomic mass is 19.4. The first-order valence-corrected chi connectivity index (χ1v) is 10.3. The van der Waals surface area contributed by atoms with Crippen LogP contribution in [0.25, 0.3) is 0 Å². The van der Waals surface area contributed by atoms with Gasteiger partial charge in [-0.1, -0.05) is 6.92 Å². The molecule has 0 aliphatic heterocycles. The minimum atomic E-state index is -5.94. The zero-order valence-corrected chi connectivity index (χ0v) is 18.0. The van der Waals surface area contributed by atoms with Crippen LogP contribution in [0.15, 0.2) is 0 Å². The molecule has 2 aliphatic carbocycles. The quantitative estimate of drug-likeness (QED) is 0.360. The monoisotopic (exact) mass is 486 g/mol. The molecule has 2 rings (SSSR count). The second-order valence-corrected chi connectivity index (χ2v) is 9.84. The predicted molar refractivity (Wildman–Crippen MR) is 94.1 cm³/mol. The summed E-state index contributed by atoms with van der Waals surface area (Å²) < 4.78 is 124. The summed E-state index contributed by atoms with van der Waals surface area (Å²) in [7, 11) is 0. The van der Waals surface area contributed by atoms with E-state index in [1.165, 1.54) is 13.8 Å². The molecule has 0 aromatic heterocycles. The van der Waals surface area contributed by atoms with Gasteiger partial charge in [-0.2, -0.15) is 39.5 Å². The van der Waals surface area contributed by atoms with Crippen LogP contribution >= 0.6 is 0 Å². The van der Waals surface area contributed by atoms with Gasteiger partial charge in [0, 0.05) is 5.92 Å². The molecule has 5 atom stereocenters. The first-order chi connectivity index (χ1) is 14.1. The summed E-state index contributed by atoms with van der Waals surface area (Å²) in [5, 5.41) is 9.58. The van der Waals surface area contributed by atoms with Crippen molar-refractivity contribution < 1.29 is 54.2 Å². The van der Waals surface area contributed by atoms with Crippen molar-refractivity contribution >= 4 is 5.97 Å². The van der Waals surface area contributed by atoms with Crippen LogP contribution in [-0.2, 0) is 9.53 Å². The lowest BCUT2D eigenvalue weighted by Crippen LogP contribution is -2.58. The molecule has 1 N–H and O–H groups in total. The zero-order chi connectivity index (χ0) is 25.1. The van der Waals surface area contributed by atoms with E-state index in [1.807, 2.05) is 0 Å². The molecule has 12 heteroatoms. The van der Waals surface area contributed by atoms with Crippen LogP contribution < -0.4 is 0 Å². The van der Waals surface area contributed by atoms with Crippen LogP contribution in [0.1, 0.15) is 59.8 Å². The fraction of sp³-hybridized carbons (Fsp3) is 0.950. The van der Waals surface area contributed by atoms with Gasteiger partial charge in [-0.15, -0.1) is 0 Å². The maximum atomic E-state index is 13.4. The van der Waals surface area contributed by atoms with E-state index in [2.05, 4.69) is 0 Å². The fourth-order valence-electron chi connectivity index (χ4n) is 5.19. The molecule has 0 amide bonds. The SMILES string of the molecule is CCC(C)(C(=O)OC(C)(C)C1CC2CC(CC(O)(C(F)(F)F)C(F)(F)F)C1C2)C(F)(F)F. The Morgan fingerprint density at radius 2 is 1.38 bits per heavy atom. The van der Waals surface area contributed by atoms with Crippen molar-refractivity contribution in [3.05, 3.63) is 0 Å². The number of rotatable bonds is 6. The van der Waals surface area contributed by atoms with Crippen LogP contribution in [-0.4, -0.2) is 40.8 Å². The van der Waals surface area contributed by atoms with E-state index >= 15 is 0 Å². The van der Waals surface area contributed by atoms with Crippen LogP contribution in [0.2, 0.25) is 0 Å². The highest BCUT2D eigenvalue weighted by Gasteiger charge is 2.71. The predicted octanol–water partition coefficient (Wildman–Crippen LogP) is 6.19. The summed E-state index contributed by atoms with van der Waals surface area (Å²) in [6.45, 7) is 4.48. The standard InChI is InChI=1S/C20H27F9O3/c1-5-16(4,18(21,22)23)14(30)32-15(2,3)13-8-10-6-11(12(13)7-10)9-17(31,19(24,25)26)20(27,28)29/h10-13,31H,5-9H2,1-4H3. The Balaban J connectivity index is 2.25. The normalized spacial score (nSPS) is 29.2. The number of hydrogen-bond acceptors (Lipinski definition) is 3. The van der Waals surface area contributed by atoms with E-state index in [0.717, 1.165) is 6.92 Å². The Kier molecular flexibility index (Phi) is 6.71. The van der Waals surface area contributed by atoms with E-state index in [4.69, 9.17) is 4.74 Å². The Morgan fingerprint density at radius 3 is 1.75 bits per heavy atom. The number of carbonyl (C=O) groups is 1. The minimum Gasteiger partial charge on any atom is -0.459 e. The van der Waals surface area contributed by atoms with E-state index in [0.29, 0.717) is 13.3 Å². The van der Waals surface area contributed by atoms with Crippen molar-refractivity contribution in [1.29, 1.82) is 0 Å². The highest BCUT2D eigenvalue weighted by molar-refractivity contribution is 5.77. The Bertz CT molecular complexity index is 697. The Labute approximate surface area is 179 Å². The molecule has 3 nitrogen and oxygen atoms in total. The highest BCUT2D eigenvalue weighted by Crippen LogP contribution is 2.60. The molecule has 2 saturated carbocycles. The van der Waals surface area contributed by atoms with Crippen molar-refractivity contribution in [2.75, 3.05) is 0 Å². The van der Waals surface area contributed by atoms with Crippen LogP contribution in [0, 0.1) is 29.1 Å². The van der Waals surface area contributed by atoms with Gasteiger partial charge >= 0.3 is 24.5 Å². The largest absolute Gasteiger partial charge is 0.459 e. The summed E-state index contributed by atoms with van der Waals surface area (Å²) in [6, 6.07) is 0. The van der Waals surface area contributed by atoms with Gasteiger partial charge in [-0.3, -0.25) is 4.79 Å². The maximum absolute atomic E-state index is 13.4. The lowest BCUT2D eigenvalue weighted by molar-refractivity contribution is -0.373. The molecule has 32 heavy (non-hydrogen) atoms. The molecule has 0 radical (unpaired) electrons. The number of alkyl halides is 9. The van der Waals surface area contributed by atoms with Gasteiger partial charge in [-0.25, -0.2) is 0 Å². The van der Waals surface area contributed by atoms with Gasteiger partial charge in [0.2, 0.25) is 0 Å². The van der Waals surface area contributed by atoms with Crippen molar-refractivity contribution in [2.45, 2.75) is 89.5 Å². The van der Waals surface area contributed by atoms with Crippen molar-refractivity contribution in [2.24, 2.45) is 29.1 Å². The molecule has 5 unspecified atom stereocenters. The molecule has 2 aliphatic rings. The molecule has 0 aromatic carbocycles. The molecule has 2 fully saturated rings. The molecule has 0 spiro atoms. The van der Waals surface area contributed by atoms with Crippen molar-refractivity contribution in [1.82, 2.24) is 0 Å². The molecular formula is C20H27F9O3. The number of aliphatic hydroxyl groups is 1. The third-order valence-corrected chi connectivity index (χ3v) is 7.48. The summed E-state index contributed by atoms with van der Waals surface area (Å²) in [6.07, 6.45) is -18.4. The summed E-state index contributed by atoms with van der Waals surface area (Å²) >= 11 is 0. The Morgan fingerprint density at radius 1 is 0.875 bits per heavy atom. The molecule has 2 bridgehead atoms. The second kappa shape index (κ2) is 7.94. The maximum Gasteiger partial charge on any atom is 0.426 e. The van der Waals surface area contributed by atoms with Gasteiger partial charge in [-0.05, 0) is 70.6 Å². The molecule has 0 saturated heterocycles. The summed E-state index contributed by atoms with van der Waals surface area (Å²) in [5.41, 5.74) is -9.24. The third kappa shape index (κ3) is 4.44. The first-order valence-electron chi connectivity index (χ1n) is 10.3. The van der Waals surface area contributed by atoms with Gasteiger partial charge in [0.25, 0.3) is 5.60 Å². The number of halogens is 9. The number of carbonyl (C=O) groups excluding carboxylic acids is 1. The van der Waals surface area contributed by atoms with Crippen LogP contribution in [0.3, 0.4) is 0 Å². The average molecular weight is 486 g/mol. The van der Waals surface area contributed by atoms with E-state index in [-0.39, 0.29) is 18.8 Å². The lowest BCUT2D eigenvalue weighted by atomic mass is 9.69. The number of hydrogen-bond donors (Lipinski definition) is 1. The molecule has 0 heterocycles.